The Labute approximate surface area is 173 Å². The summed E-state index contributed by atoms with van der Waals surface area (Å²) in [5.74, 6) is 0.891. The first kappa shape index (κ1) is 18.4. The molecule has 1 aliphatic heterocycles. The van der Waals surface area contributed by atoms with Crippen LogP contribution in [0.25, 0.3) is 33.1 Å². The van der Waals surface area contributed by atoms with Crippen LogP contribution in [0.2, 0.25) is 0 Å². The number of H-pyrrole nitrogens is 1. The third-order valence-electron chi connectivity index (χ3n) is 5.71. The number of nitrogens with one attached hydrogen (secondary N) is 1. The van der Waals surface area contributed by atoms with E-state index < -0.39 is 0 Å². The monoisotopic (exact) mass is 399 g/mol. The van der Waals surface area contributed by atoms with Crippen LogP contribution in [0.1, 0.15) is 18.4 Å². The number of aromatic amines is 1. The molecule has 6 nitrogen and oxygen atoms in total. The van der Waals surface area contributed by atoms with Crippen molar-refractivity contribution in [2.24, 2.45) is 0 Å². The molecule has 3 heterocycles. The summed E-state index contributed by atoms with van der Waals surface area (Å²) in [7, 11) is 1.62. The minimum atomic E-state index is -0.182. The van der Waals surface area contributed by atoms with Gasteiger partial charge in [-0.05, 0) is 67.4 Å². The van der Waals surface area contributed by atoms with E-state index in [0.717, 1.165) is 51.8 Å². The van der Waals surface area contributed by atoms with Crippen molar-refractivity contribution in [3.63, 3.8) is 0 Å². The third-order valence-corrected chi connectivity index (χ3v) is 5.71. The first-order valence-electron chi connectivity index (χ1n) is 9.97. The Morgan fingerprint density at radius 2 is 1.93 bits per heavy atom. The van der Waals surface area contributed by atoms with Crippen LogP contribution in [-0.2, 0) is 4.79 Å². The molecule has 1 N–H and O–H groups in total. The zero-order valence-corrected chi connectivity index (χ0v) is 16.9. The second-order valence-electron chi connectivity index (χ2n) is 7.64. The van der Waals surface area contributed by atoms with Gasteiger partial charge in [-0.3, -0.25) is 9.59 Å². The van der Waals surface area contributed by atoms with Gasteiger partial charge in [0.25, 0.3) is 5.56 Å². The lowest BCUT2D eigenvalue weighted by atomic mass is 10.0. The summed E-state index contributed by atoms with van der Waals surface area (Å²) in [5.41, 5.74) is 4.41. The molecule has 30 heavy (non-hydrogen) atoms. The maximum Gasteiger partial charge on any atom is 0.257 e. The molecule has 6 heteroatoms. The quantitative estimate of drug-likeness (QED) is 0.561. The van der Waals surface area contributed by atoms with E-state index in [0.29, 0.717) is 17.7 Å². The van der Waals surface area contributed by atoms with Gasteiger partial charge < -0.3 is 14.6 Å². The van der Waals surface area contributed by atoms with Crippen molar-refractivity contribution in [3.8, 4) is 17.0 Å². The number of pyridine rings is 2. The lowest BCUT2D eigenvalue weighted by Gasteiger charge is -2.17. The Balaban J connectivity index is 1.63. The van der Waals surface area contributed by atoms with Crippen LogP contribution in [0.4, 0.5) is 5.69 Å². The summed E-state index contributed by atoms with van der Waals surface area (Å²) < 4.78 is 5.30. The molecule has 0 aliphatic carbocycles. The summed E-state index contributed by atoms with van der Waals surface area (Å²) in [6, 6.07) is 15.2. The first-order valence-corrected chi connectivity index (χ1v) is 9.97. The molecule has 1 fully saturated rings. The fourth-order valence-electron chi connectivity index (χ4n) is 4.11. The number of anilines is 1. The van der Waals surface area contributed by atoms with Crippen LogP contribution in [-0.4, -0.2) is 29.5 Å². The van der Waals surface area contributed by atoms with Gasteiger partial charge in [-0.25, -0.2) is 4.98 Å². The van der Waals surface area contributed by atoms with Gasteiger partial charge in [0.15, 0.2) is 0 Å². The maximum absolute atomic E-state index is 12.7. The van der Waals surface area contributed by atoms with Crippen molar-refractivity contribution in [1.82, 2.24) is 9.97 Å². The van der Waals surface area contributed by atoms with Gasteiger partial charge in [-0.2, -0.15) is 0 Å². The van der Waals surface area contributed by atoms with Gasteiger partial charge in [0, 0.05) is 34.9 Å². The molecule has 0 radical (unpaired) electrons. The van der Waals surface area contributed by atoms with E-state index >= 15 is 0 Å². The van der Waals surface area contributed by atoms with Crippen LogP contribution in [0.15, 0.2) is 53.3 Å². The number of amides is 1. The topological polar surface area (TPSA) is 75.3 Å². The molecule has 1 aliphatic rings. The number of hydrogen-bond acceptors (Lipinski definition) is 4. The number of ether oxygens (including phenoxy) is 1. The number of rotatable bonds is 3. The molecule has 5 rings (SSSR count). The van der Waals surface area contributed by atoms with E-state index in [1.165, 1.54) is 0 Å². The van der Waals surface area contributed by atoms with Crippen LogP contribution in [0.5, 0.6) is 5.75 Å². The fraction of sp³-hybridized carbons (Fsp3) is 0.208. The lowest BCUT2D eigenvalue weighted by Crippen LogP contribution is -2.23. The van der Waals surface area contributed by atoms with E-state index in [-0.39, 0.29) is 11.5 Å². The van der Waals surface area contributed by atoms with Gasteiger partial charge >= 0.3 is 0 Å². The molecule has 1 saturated heterocycles. The van der Waals surface area contributed by atoms with Gasteiger partial charge in [-0.1, -0.05) is 0 Å². The van der Waals surface area contributed by atoms with Crippen molar-refractivity contribution in [2.75, 3.05) is 18.6 Å². The smallest absolute Gasteiger partial charge is 0.257 e. The molecule has 0 atom stereocenters. The molecule has 2 aromatic carbocycles. The van der Waals surface area contributed by atoms with E-state index in [2.05, 4.69) is 4.98 Å². The summed E-state index contributed by atoms with van der Waals surface area (Å²) in [5, 5.41) is 1.86. The molecule has 150 valence electrons. The number of aryl methyl sites for hydroxylation is 1. The average Bonchev–Trinajstić information content (AvgIpc) is 3.18. The number of hydrogen-bond donors (Lipinski definition) is 1. The number of carbonyl (C=O) groups excluding carboxylic acids is 1. The van der Waals surface area contributed by atoms with Gasteiger partial charge in [0.2, 0.25) is 5.91 Å². The highest BCUT2D eigenvalue weighted by Gasteiger charge is 2.22. The summed E-state index contributed by atoms with van der Waals surface area (Å²) >= 11 is 0. The van der Waals surface area contributed by atoms with Crippen molar-refractivity contribution < 1.29 is 9.53 Å². The number of nitrogens with zero attached hydrogens (tertiary/aromatic N) is 2. The van der Waals surface area contributed by atoms with Crippen molar-refractivity contribution in [2.45, 2.75) is 19.8 Å². The summed E-state index contributed by atoms with van der Waals surface area (Å²) in [4.78, 5) is 34.3. The Morgan fingerprint density at radius 1 is 1.07 bits per heavy atom. The molecule has 0 spiro atoms. The summed E-state index contributed by atoms with van der Waals surface area (Å²) in [6.07, 6.45) is 1.49. The van der Waals surface area contributed by atoms with Crippen molar-refractivity contribution >= 4 is 33.4 Å². The van der Waals surface area contributed by atoms with Gasteiger partial charge in [0.05, 0.1) is 23.9 Å². The second-order valence-corrected chi connectivity index (χ2v) is 7.64. The first-order chi connectivity index (χ1) is 14.5. The maximum atomic E-state index is 12.7. The molecule has 2 aromatic heterocycles. The predicted molar refractivity (Wildman–Crippen MR) is 118 cm³/mol. The standard InChI is InChI=1S/C24H21N3O3/c1-14-10-22(19-12-15-11-17(30-2)6-8-20(15)26-24(19)29)25-21-7-5-16(13-18(14)21)27-9-3-4-23(27)28/h5-8,10-13H,3-4,9H2,1-2H3,(H,26,29). The number of fused-ring (bicyclic) bond motifs is 2. The Hall–Kier alpha value is -3.67. The van der Waals surface area contributed by atoms with E-state index in [9.17, 15) is 9.59 Å². The van der Waals surface area contributed by atoms with Gasteiger partial charge in [0.1, 0.15) is 5.75 Å². The summed E-state index contributed by atoms with van der Waals surface area (Å²) in [6.45, 7) is 2.76. The minimum absolute atomic E-state index is 0.162. The molecule has 4 aromatic rings. The molecular formula is C24H21N3O3. The number of benzene rings is 2. The molecule has 0 saturated carbocycles. The van der Waals surface area contributed by atoms with Crippen LogP contribution in [0, 0.1) is 6.92 Å². The number of aromatic nitrogens is 2. The van der Waals surface area contributed by atoms with Gasteiger partial charge in [-0.15, -0.1) is 0 Å². The Kier molecular flexibility index (Phi) is 4.28. The fourth-order valence-corrected chi connectivity index (χ4v) is 4.11. The van der Waals surface area contributed by atoms with E-state index in [1.807, 2.05) is 60.4 Å². The zero-order valence-electron chi connectivity index (χ0n) is 16.9. The number of methoxy groups -OCH3 is 1. The highest BCUT2D eigenvalue weighted by molar-refractivity contribution is 5.98. The van der Waals surface area contributed by atoms with Crippen LogP contribution >= 0.6 is 0 Å². The molecular weight excluding hydrogens is 378 g/mol. The second kappa shape index (κ2) is 6.99. The largest absolute Gasteiger partial charge is 0.497 e. The average molecular weight is 399 g/mol. The third kappa shape index (κ3) is 3.01. The molecule has 0 bridgehead atoms. The predicted octanol–water partition coefficient (Wildman–Crippen LogP) is 4.19. The zero-order chi connectivity index (χ0) is 20.8. The number of carbonyl (C=O) groups is 1. The SMILES string of the molecule is COc1ccc2[nH]c(=O)c(-c3cc(C)c4cc(N5CCCC5=O)ccc4n3)cc2c1. The van der Waals surface area contributed by atoms with Crippen molar-refractivity contribution in [1.29, 1.82) is 0 Å². The van der Waals surface area contributed by atoms with Crippen molar-refractivity contribution in [3.05, 3.63) is 64.4 Å². The van der Waals surface area contributed by atoms with Crippen LogP contribution < -0.4 is 15.2 Å². The molecule has 0 unspecified atom stereocenters. The lowest BCUT2D eigenvalue weighted by molar-refractivity contribution is -0.117. The molecule has 1 amide bonds. The van der Waals surface area contributed by atoms with E-state index in [4.69, 9.17) is 9.72 Å². The van der Waals surface area contributed by atoms with Crippen LogP contribution in [0.3, 0.4) is 0 Å². The Morgan fingerprint density at radius 3 is 2.70 bits per heavy atom. The minimum Gasteiger partial charge on any atom is -0.497 e. The van der Waals surface area contributed by atoms with E-state index in [1.54, 1.807) is 7.11 Å². The Bertz CT molecular complexity index is 1370. The highest BCUT2D eigenvalue weighted by Crippen LogP contribution is 2.30. The highest BCUT2D eigenvalue weighted by atomic mass is 16.5. The normalized spacial score (nSPS) is 14.1.